The number of rotatable bonds is 3. The number of benzene rings is 1. The van der Waals surface area contributed by atoms with Crippen molar-refractivity contribution in [1.29, 1.82) is 0 Å². The maximum atomic E-state index is 14.3. The number of piperidine rings is 1. The third-order valence-corrected chi connectivity index (χ3v) is 6.65. The number of aromatic nitrogens is 3. The summed E-state index contributed by atoms with van der Waals surface area (Å²) in [5.41, 5.74) is 3.16. The first-order valence-electron chi connectivity index (χ1n) is 10.7. The van der Waals surface area contributed by atoms with Gasteiger partial charge in [-0.05, 0) is 55.0 Å². The number of anilines is 1. The second-order valence-electron chi connectivity index (χ2n) is 8.31. The van der Waals surface area contributed by atoms with E-state index in [4.69, 9.17) is 9.72 Å². The minimum atomic E-state index is -0.480. The van der Waals surface area contributed by atoms with E-state index in [1.807, 2.05) is 6.07 Å². The molecule has 1 aliphatic carbocycles. The van der Waals surface area contributed by atoms with Gasteiger partial charge in [-0.15, -0.1) is 0 Å². The van der Waals surface area contributed by atoms with E-state index in [0.29, 0.717) is 23.1 Å². The molecule has 0 unspecified atom stereocenters. The Balaban J connectivity index is 1.56. The van der Waals surface area contributed by atoms with Gasteiger partial charge < -0.3 is 9.64 Å². The Kier molecular flexibility index (Phi) is 4.96. The fourth-order valence-corrected chi connectivity index (χ4v) is 5.12. The molecule has 160 valence electrons. The molecule has 0 amide bonds. The number of pyridine rings is 1. The summed E-state index contributed by atoms with van der Waals surface area (Å²) in [4.78, 5) is 23.6. The van der Waals surface area contributed by atoms with Crippen molar-refractivity contribution < 1.29 is 9.13 Å². The molecule has 3 aromatic rings. The Morgan fingerprint density at radius 2 is 2.06 bits per heavy atom. The Labute approximate surface area is 180 Å². The predicted octanol–water partition coefficient (Wildman–Crippen LogP) is 3.69. The molecule has 0 N–H and O–H groups in total. The van der Waals surface area contributed by atoms with Gasteiger partial charge in [-0.3, -0.25) is 14.3 Å². The van der Waals surface area contributed by atoms with Crippen molar-refractivity contribution in [3.8, 4) is 17.0 Å². The number of fused-ring (bicyclic) bond motifs is 3. The molecule has 2 aromatic heterocycles. The highest BCUT2D eigenvalue weighted by Gasteiger charge is 2.38. The second-order valence-corrected chi connectivity index (χ2v) is 8.31. The van der Waals surface area contributed by atoms with Crippen LogP contribution in [0.3, 0.4) is 0 Å². The molecule has 2 atom stereocenters. The first-order valence-corrected chi connectivity index (χ1v) is 10.7. The number of ether oxygens (including phenoxy) is 1. The fourth-order valence-electron chi connectivity index (χ4n) is 5.12. The highest BCUT2D eigenvalue weighted by molar-refractivity contribution is 5.60. The number of nitrogens with zero attached hydrogens (tertiary/aromatic N) is 4. The van der Waals surface area contributed by atoms with E-state index in [2.05, 4.69) is 22.0 Å². The maximum absolute atomic E-state index is 14.3. The monoisotopic (exact) mass is 420 g/mol. The lowest BCUT2D eigenvalue weighted by molar-refractivity contribution is 0.356. The Bertz CT molecular complexity index is 1190. The molecular weight excluding hydrogens is 395 g/mol. The molecule has 0 spiro atoms. The zero-order valence-electron chi connectivity index (χ0n) is 17.7. The van der Waals surface area contributed by atoms with Crippen LogP contribution in [0.4, 0.5) is 10.3 Å². The van der Waals surface area contributed by atoms with Crippen molar-refractivity contribution in [2.45, 2.75) is 37.6 Å². The van der Waals surface area contributed by atoms with E-state index in [0.717, 1.165) is 44.2 Å². The van der Waals surface area contributed by atoms with Crippen LogP contribution in [0.25, 0.3) is 11.3 Å². The highest BCUT2D eigenvalue weighted by atomic mass is 19.1. The average Bonchev–Trinajstić information content (AvgIpc) is 2.80. The zero-order valence-corrected chi connectivity index (χ0v) is 17.7. The van der Waals surface area contributed by atoms with E-state index in [1.165, 1.54) is 23.4 Å². The fraction of sp³-hybridized carbons (Fsp3) is 0.375. The van der Waals surface area contributed by atoms with Crippen LogP contribution in [0.5, 0.6) is 5.75 Å². The van der Waals surface area contributed by atoms with E-state index in [-0.39, 0.29) is 11.6 Å². The molecule has 3 heterocycles. The summed E-state index contributed by atoms with van der Waals surface area (Å²) in [7, 11) is 3.43. The van der Waals surface area contributed by atoms with Crippen molar-refractivity contribution in [1.82, 2.24) is 14.5 Å². The number of halogens is 1. The third kappa shape index (κ3) is 3.38. The quantitative estimate of drug-likeness (QED) is 0.647. The van der Waals surface area contributed by atoms with Crippen LogP contribution in [-0.2, 0) is 13.5 Å². The summed E-state index contributed by atoms with van der Waals surface area (Å²) in [5, 5.41) is 0. The minimum absolute atomic E-state index is 0.195. The standard InChI is InChI=1S/C24H25FN4O2/c1-28-23(30)13-21(19-9-10-26-14-20(19)25)27-24(28)29-11-3-4-18-17-7-6-16(31-2)12-15(17)5-8-22(18)29/h6-7,9-10,12-14,18,22H,3-5,8,11H2,1-2H3/t18-,22-/m1/s1. The molecule has 1 aliphatic heterocycles. The third-order valence-electron chi connectivity index (χ3n) is 6.65. The van der Waals surface area contributed by atoms with Crippen molar-refractivity contribution in [3.05, 3.63) is 70.0 Å². The van der Waals surface area contributed by atoms with Gasteiger partial charge in [0.05, 0.1) is 19.0 Å². The summed E-state index contributed by atoms with van der Waals surface area (Å²) in [5.74, 6) is 1.39. The van der Waals surface area contributed by atoms with Crippen molar-refractivity contribution >= 4 is 5.95 Å². The molecule has 31 heavy (non-hydrogen) atoms. The molecular formula is C24H25FN4O2. The van der Waals surface area contributed by atoms with Crippen LogP contribution in [-0.4, -0.2) is 34.2 Å². The summed E-state index contributed by atoms with van der Waals surface area (Å²) in [6, 6.07) is 9.57. The van der Waals surface area contributed by atoms with E-state index in [1.54, 1.807) is 24.8 Å². The van der Waals surface area contributed by atoms with Crippen LogP contribution >= 0.6 is 0 Å². The average molecular weight is 420 g/mol. The molecule has 7 heteroatoms. The maximum Gasteiger partial charge on any atom is 0.255 e. The molecule has 2 aliphatic rings. The highest BCUT2D eigenvalue weighted by Crippen LogP contribution is 2.42. The molecule has 6 nitrogen and oxygen atoms in total. The zero-order chi connectivity index (χ0) is 21.5. The Morgan fingerprint density at radius 3 is 2.87 bits per heavy atom. The number of aryl methyl sites for hydroxylation is 1. The first-order chi connectivity index (χ1) is 15.1. The van der Waals surface area contributed by atoms with Gasteiger partial charge in [0.2, 0.25) is 5.95 Å². The van der Waals surface area contributed by atoms with Gasteiger partial charge in [0, 0.05) is 43.4 Å². The van der Waals surface area contributed by atoms with Gasteiger partial charge in [-0.25, -0.2) is 9.37 Å². The second kappa shape index (κ2) is 7.80. The molecule has 5 rings (SSSR count). The number of hydrogen-bond donors (Lipinski definition) is 0. The van der Waals surface area contributed by atoms with Crippen LogP contribution in [0.2, 0.25) is 0 Å². The molecule has 1 fully saturated rings. The lowest BCUT2D eigenvalue weighted by atomic mass is 9.74. The molecule has 0 radical (unpaired) electrons. The Hall–Kier alpha value is -3.22. The SMILES string of the molecule is COc1ccc2c(c1)CC[C@@H]1[C@@H]2CCCN1c1nc(-c2ccncc2F)cc(=O)n1C. The number of hydrogen-bond acceptors (Lipinski definition) is 5. The molecule has 1 aromatic carbocycles. The number of methoxy groups -OCH3 is 1. The van der Waals surface area contributed by atoms with Crippen molar-refractivity contribution in [3.63, 3.8) is 0 Å². The lowest BCUT2D eigenvalue weighted by Gasteiger charge is -2.45. The van der Waals surface area contributed by atoms with Gasteiger partial charge >= 0.3 is 0 Å². The van der Waals surface area contributed by atoms with E-state index in [9.17, 15) is 9.18 Å². The predicted molar refractivity (Wildman–Crippen MR) is 117 cm³/mol. The minimum Gasteiger partial charge on any atom is -0.497 e. The molecule has 0 saturated carbocycles. The summed E-state index contributed by atoms with van der Waals surface area (Å²) in [6.45, 7) is 0.829. The van der Waals surface area contributed by atoms with Crippen LogP contribution in [0.1, 0.15) is 36.3 Å². The summed E-state index contributed by atoms with van der Waals surface area (Å²) in [6.07, 6.45) is 6.72. The van der Waals surface area contributed by atoms with Crippen LogP contribution in [0, 0.1) is 5.82 Å². The first kappa shape index (κ1) is 19.7. The van der Waals surface area contributed by atoms with Crippen LogP contribution in [0.15, 0.2) is 47.5 Å². The van der Waals surface area contributed by atoms with Gasteiger partial charge in [0.25, 0.3) is 5.56 Å². The largest absolute Gasteiger partial charge is 0.497 e. The van der Waals surface area contributed by atoms with E-state index >= 15 is 0 Å². The normalized spacial score (nSPS) is 20.2. The lowest BCUT2D eigenvalue weighted by Crippen LogP contribution is -2.48. The van der Waals surface area contributed by atoms with E-state index < -0.39 is 5.82 Å². The molecule has 1 saturated heterocycles. The van der Waals surface area contributed by atoms with Crippen LogP contribution < -0.4 is 15.2 Å². The summed E-state index contributed by atoms with van der Waals surface area (Å²) < 4.78 is 21.3. The van der Waals surface area contributed by atoms with Gasteiger partial charge in [-0.1, -0.05) is 6.07 Å². The van der Waals surface area contributed by atoms with Gasteiger partial charge in [-0.2, -0.15) is 0 Å². The topological polar surface area (TPSA) is 60.2 Å². The summed E-state index contributed by atoms with van der Waals surface area (Å²) >= 11 is 0. The van der Waals surface area contributed by atoms with Crippen molar-refractivity contribution in [2.75, 3.05) is 18.6 Å². The van der Waals surface area contributed by atoms with Gasteiger partial charge in [0.15, 0.2) is 5.82 Å². The van der Waals surface area contributed by atoms with Crippen molar-refractivity contribution in [2.24, 2.45) is 7.05 Å². The Morgan fingerprint density at radius 1 is 1.19 bits per heavy atom. The molecule has 0 bridgehead atoms. The smallest absolute Gasteiger partial charge is 0.255 e. The van der Waals surface area contributed by atoms with Gasteiger partial charge in [0.1, 0.15) is 5.75 Å².